The number of nitrogens with one attached hydrogen (secondary N) is 1. The van der Waals surface area contributed by atoms with Crippen LogP contribution in [0.1, 0.15) is 16.8 Å². The molecule has 1 aliphatic rings. The van der Waals surface area contributed by atoms with E-state index in [0.717, 1.165) is 11.5 Å². The van der Waals surface area contributed by atoms with Crippen molar-refractivity contribution in [1.82, 2.24) is 9.27 Å². The lowest BCUT2D eigenvalue weighted by atomic mass is 10.3. The van der Waals surface area contributed by atoms with Gasteiger partial charge >= 0.3 is 5.97 Å². The molecule has 0 radical (unpaired) electrons. The second-order valence-electron chi connectivity index (χ2n) is 4.43. The summed E-state index contributed by atoms with van der Waals surface area (Å²) in [6, 6.07) is 0. The second-order valence-corrected chi connectivity index (χ2v) is 5.21. The predicted molar refractivity (Wildman–Crippen MR) is 78.4 cm³/mol. The molecule has 1 aliphatic heterocycles. The molecule has 1 amide bonds. The number of rotatable bonds is 5. The standard InChI is InChI=1S/C12H18N4O4S/c1-19-12(18)9-10(13)15-21-11(9)14-3-2-8(17)16-4-6-20-7-5-16/h14H,2-7H2,1H3,(H2,13,15). The van der Waals surface area contributed by atoms with Crippen molar-refractivity contribution in [1.29, 1.82) is 0 Å². The van der Waals surface area contributed by atoms with E-state index >= 15 is 0 Å². The van der Waals surface area contributed by atoms with E-state index in [1.807, 2.05) is 0 Å². The number of anilines is 2. The molecule has 2 rings (SSSR count). The van der Waals surface area contributed by atoms with Crippen molar-refractivity contribution in [2.75, 3.05) is 51.0 Å². The first kappa shape index (κ1) is 15.5. The number of esters is 1. The van der Waals surface area contributed by atoms with Crippen molar-refractivity contribution in [3.63, 3.8) is 0 Å². The van der Waals surface area contributed by atoms with Crippen LogP contribution in [0.25, 0.3) is 0 Å². The Kier molecular flexibility index (Phi) is 5.34. The van der Waals surface area contributed by atoms with Gasteiger partial charge in [0.1, 0.15) is 10.6 Å². The van der Waals surface area contributed by atoms with Gasteiger partial charge in [-0.05, 0) is 11.5 Å². The summed E-state index contributed by atoms with van der Waals surface area (Å²) < 4.78 is 13.8. The number of morpholine rings is 1. The summed E-state index contributed by atoms with van der Waals surface area (Å²) in [4.78, 5) is 25.3. The Morgan fingerprint density at radius 2 is 2.19 bits per heavy atom. The molecule has 21 heavy (non-hydrogen) atoms. The lowest BCUT2D eigenvalue weighted by Crippen LogP contribution is -2.41. The van der Waals surface area contributed by atoms with Crippen molar-refractivity contribution in [2.24, 2.45) is 0 Å². The summed E-state index contributed by atoms with van der Waals surface area (Å²) in [5, 5.41) is 3.54. The van der Waals surface area contributed by atoms with Gasteiger partial charge in [-0.2, -0.15) is 4.37 Å². The van der Waals surface area contributed by atoms with Gasteiger partial charge in [0.15, 0.2) is 5.82 Å². The quantitative estimate of drug-likeness (QED) is 0.746. The van der Waals surface area contributed by atoms with Crippen LogP contribution in [0.3, 0.4) is 0 Å². The third-order valence-corrected chi connectivity index (χ3v) is 3.92. The Bertz CT molecular complexity index is 513. The Balaban J connectivity index is 1.86. The number of hydrogen-bond acceptors (Lipinski definition) is 8. The molecule has 0 saturated carbocycles. The lowest BCUT2D eigenvalue weighted by molar-refractivity contribution is -0.134. The smallest absolute Gasteiger partial charge is 0.344 e. The molecular formula is C12H18N4O4S. The number of amides is 1. The maximum atomic E-state index is 12.0. The van der Waals surface area contributed by atoms with Gasteiger partial charge < -0.3 is 25.4 Å². The molecule has 2 heterocycles. The van der Waals surface area contributed by atoms with E-state index in [4.69, 9.17) is 10.5 Å². The van der Waals surface area contributed by atoms with Crippen molar-refractivity contribution < 1.29 is 19.1 Å². The van der Waals surface area contributed by atoms with Crippen molar-refractivity contribution in [3.05, 3.63) is 5.56 Å². The molecule has 0 aromatic carbocycles. The molecule has 116 valence electrons. The number of nitrogens with two attached hydrogens (primary N) is 1. The molecule has 1 saturated heterocycles. The molecule has 0 aliphatic carbocycles. The van der Waals surface area contributed by atoms with E-state index in [-0.39, 0.29) is 17.3 Å². The van der Waals surface area contributed by atoms with Gasteiger partial charge in [0.05, 0.1) is 20.3 Å². The molecule has 1 fully saturated rings. The number of carbonyl (C=O) groups excluding carboxylic acids is 2. The largest absolute Gasteiger partial charge is 0.465 e. The normalized spacial score (nSPS) is 14.8. The van der Waals surface area contributed by atoms with Gasteiger partial charge in [0, 0.05) is 26.1 Å². The average molecular weight is 314 g/mol. The summed E-state index contributed by atoms with van der Waals surface area (Å²) in [7, 11) is 1.28. The van der Waals surface area contributed by atoms with E-state index in [1.165, 1.54) is 7.11 Å². The van der Waals surface area contributed by atoms with Crippen LogP contribution in [0.4, 0.5) is 10.8 Å². The maximum Gasteiger partial charge on any atom is 0.344 e. The third-order valence-electron chi connectivity index (χ3n) is 3.10. The van der Waals surface area contributed by atoms with Crippen LogP contribution >= 0.6 is 11.5 Å². The van der Waals surface area contributed by atoms with E-state index in [0.29, 0.717) is 44.3 Å². The minimum absolute atomic E-state index is 0.0582. The zero-order valence-corrected chi connectivity index (χ0v) is 12.6. The Morgan fingerprint density at radius 3 is 2.86 bits per heavy atom. The molecule has 0 bridgehead atoms. The van der Waals surface area contributed by atoms with Crippen LogP contribution in [-0.4, -0.2) is 61.1 Å². The van der Waals surface area contributed by atoms with Gasteiger partial charge in [-0.15, -0.1) is 0 Å². The maximum absolute atomic E-state index is 12.0. The summed E-state index contributed by atoms with van der Waals surface area (Å²) in [5.74, 6) is -0.347. The molecule has 0 spiro atoms. The number of methoxy groups -OCH3 is 1. The number of hydrogen-bond donors (Lipinski definition) is 2. The molecule has 8 nitrogen and oxygen atoms in total. The minimum Gasteiger partial charge on any atom is -0.465 e. The molecular weight excluding hydrogens is 296 g/mol. The first-order valence-electron chi connectivity index (χ1n) is 6.56. The highest BCUT2D eigenvalue weighted by molar-refractivity contribution is 7.11. The number of carbonyl (C=O) groups is 2. The fourth-order valence-electron chi connectivity index (χ4n) is 1.98. The van der Waals surface area contributed by atoms with Gasteiger partial charge in [-0.1, -0.05) is 0 Å². The molecule has 0 unspecified atom stereocenters. The summed E-state index contributed by atoms with van der Waals surface area (Å²) in [6.07, 6.45) is 0.332. The summed E-state index contributed by atoms with van der Waals surface area (Å²) >= 11 is 1.08. The highest BCUT2D eigenvalue weighted by Gasteiger charge is 2.20. The molecule has 3 N–H and O–H groups in total. The number of ether oxygens (including phenoxy) is 2. The van der Waals surface area contributed by atoms with E-state index in [9.17, 15) is 9.59 Å². The van der Waals surface area contributed by atoms with Crippen molar-refractivity contribution in [3.8, 4) is 0 Å². The first-order valence-corrected chi connectivity index (χ1v) is 7.33. The van der Waals surface area contributed by atoms with Crippen LogP contribution in [0, 0.1) is 0 Å². The molecule has 1 aromatic heterocycles. The van der Waals surface area contributed by atoms with Crippen molar-refractivity contribution in [2.45, 2.75) is 6.42 Å². The monoisotopic (exact) mass is 314 g/mol. The Morgan fingerprint density at radius 1 is 1.48 bits per heavy atom. The highest BCUT2D eigenvalue weighted by atomic mass is 32.1. The summed E-state index contributed by atoms with van der Waals surface area (Å²) in [6.45, 7) is 2.81. The van der Waals surface area contributed by atoms with Gasteiger partial charge in [0.25, 0.3) is 0 Å². The predicted octanol–water partition coefficient (Wildman–Crippen LogP) is 0.173. The third kappa shape index (κ3) is 3.82. The average Bonchev–Trinajstić information content (AvgIpc) is 2.88. The topological polar surface area (TPSA) is 107 Å². The fourth-order valence-corrected chi connectivity index (χ4v) is 2.70. The van der Waals surface area contributed by atoms with Crippen LogP contribution in [0.2, 0.25) is 0 Å². The van der Waals surface area contributed by atoms with E-state index in [2.05, 4.69) is 14.4 Å². The minimum atomic E-state index is -0.539. The van der Waals surface area contributed by atoms with Crippen molar-refractivity contribution >= 4 is 34.2 Å². The number of nitrogens with zero attached hydrogens (tertiary/aromatic N) is 2. The van der Waals surface area contributed by atoms with Crippen LogP contribution in [0.5, 0.6) is 0 Å². The SMILES string of the molecule is COC(=O)c1c(N)nsc1NCCC(=O)N1CCOCC1. The Labute approximate surface area is 126 Å². The molecule has 1 aromatic rings. The second kappa shape index (κ2) is 7.23. The zero-order chi connectivity index (χ0) is 15.2. The molecule has 9 heteroatoms. The van der Waals surface area contributed by atoms with Gasteiger partial charge in [-0.3, -0.25) is 4.79 Å². The lowest BCUT2D eigenvalue weighted by Gasteiger charge is -2.26. The van der Waals surface area contributed by atoms with Crippen LogP contribution in [0.15, 0.2) is 0 Å². The van der Waals surface area contributed by atoms with Gasteiger partial charge in [-0.25, -0.2) is 4.79 Å². The summed E-state index contributed by atoms with van der Waals surface area (Å²) in [5.41, 5.74) is 5.86. The van der Waals surface area contributed by atoms with Crippen LogP contribution < -0.4 is 11.1 Å². The fraction of sp³-hybridized carbons (Fsp3) is 0.583. The van der Waals surface area contributed by atoms with Crippen LogP contribution in [-0.2, 0) is 14.3 Å². The zero-order valence-electron chi connectivity index (χ0n) is 11.8. The van der Waals surface area contributed by atoms with Gasteiger partial charge in [0.2, 0.25) is 5.91 Å². The number of aromatic nitrogens is 1. The van der Waals surface area contributed by atoms with E-state index < -0.39 is 5.97 Å². The number of nitrogen functional groups attached to an aromatic ring is 1. The Hall–Kier alpha value is -1.87. The highest BCUT2D eigenvalue weighted by Crippen LogP contribution is 2.27. The van der Waals surface area contributed by atoms with E-state index in [1.54, 1.807) is 4.90 Å². The molecule has 0 atom stereocenters. The first-order chi connectivity index (χ1) is 10.1.